The number of amides is 2. The second kappa shape index (κ2) is 6.72. The van der Waals surface area contributed by atoms with Gasteiger partial charge in [0.15, 0.2) is 0 Å². The van der Waals surface area contributed by atoms with E-state index in [0.717, 1.165) is 22.7 Å². The van der Waals surface area contributed by atoms with Crippen molar-refractivity contribution >= 4 is 41.2 Å². The number of thioether (sulfide) groups is 1. The van der Waals surface area contributed by atoms with Gasteiger partial charge in [0.05, 0.1) is 10.5 Å². The Morgan fingerprint density at radius 1 is 1.26 bits per heavy atom. The van der Waals surface area contributed by atoms with Gasteiger partial charge in [-0.05, 0) is 6.07 Å². The van der Waals surface area contributed by atoms with Crippen LogP contribution in [0.3, 0.4) is 0 Å². The fourth-order valence-electron chi connectivity index (χ4n) is 2.77. The number of nitro benzene ring substituents is 1. The smallest absolute Gasteiger partial charge is 0.353 e. The Morgan fingerprint density at radius 3 is 2.56 bits per heavy atom. The van der Waals surface area contributed by atoms with Crippen molar-refractivity contribution in [1.82, 2.24) is 10.2 Å². The first-order valence-corrected chi connectivity index (χ1v) is 8.47. The van der Waals surface area contributed by atoms with Crippen molar-refractivity contribution in [1.29, 1.82) is 0 Å². The molecule has 3 N–H and O–H groups in total. The van der Waals surface area contributed by atoms with E-state index >= 15 is 0 Å². The Balaban J connectivity index is 1.80. The molecule has 1 unspecified atom stereocenters. The molecule has 2 aliphatic rings. The molecular formula is C15H11N3O8S. The Hall–Kier alpha value is -3.41. The van der Waals surface area contributed by atoms with Crippen molar-refractivity contribution in [2.24, 2.45) is 0 Å². The Morgan fingerprint density at radius 2 is 1.96 bits per heavy atom. The zero-order valence-corrected chi connectivity index (χ0v) is 14.1. The SMILES string of the molecule is O=C(O)C1=C(C(=O)O)N2C(=O)C(NC(=O)c3cccc([N+](=O)[O-])c3)[C@@H]2SC1. The molecule has 3 rings (SSSR count). The molecule has 2 amide bonds. The maximum Gasteiger partial charge on any atom is 0.353 e. The highest BCUT2D eigenvalue weighted by Crippen LogP contribution is 2.40. The molecule has 12 heteroatoms. The monoisotopic (exact) mass is 393 g/mol. The highest BCUT2D eigenvalue weighted by atomic mass is 32.2. The van der Waals surface area contributed by atoms with Gasteiger partial charge >= 0.3 is 11.9 Å². The molecule has 2 atom stereocenters. The Kier molecular flexibility index (Phi) is 4.57. The summed E-state index contributed by atoms with van der Waals surface area (Å²) in [5.41, 5.74) is -1.34. The minimum atomic E-state index is -1.55. The van der Waals surface area contributed by atoms with E-state index in [-0.39, 0.29) is 17.0 Å². The highest BCUT2D eigenvalue weighted by Gasteiger charge is 2.55. The molecule has 11 nitrogen and oxygen atoms in total. The van der Waals surface area contributed by atoms with E-state index in [1.54, 1.807) is 0 Å². The largest absolute Gasteiger partial charge is 0.478 e. The van der Waals surface area contributed by atoms with Crippen molar-refractivity contribution in [3.63, 3.8) is 0 Å². The molecule has 140 valence electrons. The van der Waals surface area contributed by atoms with Gasteiger partial charge in [-0.2, -0.15) is 0 Å². The third-order valence-corrected chi connectivity index (χ3v) is 5.31. The number of carbonyl (C=O) groups is 4. The summed E-state index contributed by atoms with van der Waals surface area (Å²) in [5, 5.41) is 30.8. The number of aliphatic carboxylic acids is 2. The molecule has 0 spiro atoms. The first-order chi connectivity index (χ1) is 12.7. The highest BCUT2D eigenvalue weighted by molar-refractivity contribution is 8.00. The van der Waals surface area contributed by atoms with Gasteiger partial charge in [0, 0.05) is 23.4 Å². The third kappa shape index (κ3) is 3.10. The zero-order valence-electron chi connectivity index (χ0n) is 13.3. The fourth-order valence-corrected chi connectivity index (χ4v) is 4.10. The quantitative estimate of drug-likeness (QED) is 0.355. The summed E-state index contributed by atoms with van der Waals surface area (Å²) < 4.78 is 0. The van der Waals surface area contributed by atoms with Crippen molar-refractivity contribution in [3.8, 4) is 0 Å². The number of rotatable bonds is 5. The second-order valence-electron chi connectivity index (χ2n) is 5.61. The van der Waals surface area contributed by atoms with Gasteiger partial charge < -0.3 is 15.5 Å². The van der Waals surface area contributed by atoms with Crippen LogP contribution < -0.4 is 5.32 Å². The zero-order chi connectivity index (χ0) is 19.9. The molecule has 1 fully saturated rings. The summed E-state index contributed by atoms with van der Waals surface area (Å²) in [7, 11) is 0. The minimum Gasteiger partial charge on any atom is -0.478 e. The number of carboxylic acids is 2. The first kappa shape index (κ1) is 18.4. The van der Waals surface area contributed by atoms with Crippen LogP contribution in [-0.2, 0) is 14.4 Å². The molecule has 0 aromatic heterocycles. The molecule has 1 aromatic carbocycles. The number of nitrogens with zero attached hydrogens (tertiary/aromatic N) is 2. The van der Waals surface area contributed by atoms with Gasteiger partial charge in [0.25, 0.3) is 17.5 Å². The van der Waals surface area contributed by atoms with Gasteiger partial charge in [-0.3, -0.25) is 24.6 Å². The van der Waals surface area contributed by atoms with E-state index in [0.29, 0.717) is 0 Å². The number of fused-ring (bicyclic) bond motifs is 1. The maximum atomic E-state index is 12.3. The lowest BCUT2D eigenvalue weighted by molar-refractivity contribution is -0.384. The predicted octanol–water partition coefficient (Wildman–Crippen LogP) is 0.0316. The van der Waals surface area contributed by atoms with Gasteiger partial charge in [-0.15, -0.1) is 11.8 Å². The molecule has 2 heterocycles. The van der Waals surface area contributed by atoms with Gasteiger partial charge in [-0.1, -0.05) is 6.07 Å². The fraction of sp³-hybridized carbons (Fsp3) is 0.200. The van der Waals surface area contributed by atoms with E-state index in [1.807, 2.05) is 0 Å². The van der Waals surface area contributed by atoms with E-state index in [1.165, 1.54) is 18.2 Å². The van der Waals surface area contributed by atoms with Crippen LogP contribution in [0.2, 0.25) is 0 Å². The summed E-state index contributed by atoms with van der Waals surface area (Å²) in [6.45, 7) is 0. The van der Waals surface area contributed by atoms with Crippen LogP contribution in [0.15, 0.2) is 35.5 Å². The average Bonchev–Trinajstić information content (AvgIpc) is 2.64. The van der Waals surface area contributed by atoms with Crippen molar-refractivity contribution in [2.45, 2.75) is 11.4 Å². The molecule has 0 saturated carbocycles. The van der Waals surface area contributed by atoms with Crippen LogP contribution in [0.25, 0.3) is 0 Å². The second-order valence-corrected chi connectivity index (χ2v) is 6.71. The van der Waals surface area contributed by atoms with E-state index in [2.05, 4.69) is 5.32 Å². The Bertz CT molecular complexity index is 927. The molecular weight excluding hydrogens is 382 g/mol. The number of carboxylic acid groups (broad SMARTS) is 2. The van der Waals surface area contributed by atoms with E-state index in [9.17, 15) is 34.4 Å². The van der Waals surface area contributed by atoms with E-state index < -0.39 is 51.4 Å². The standard InChI is InChI=1S/C15H11N3O8S/c19-11(6-2-1-3-7(4-6)18(25)26)16-9-12(20)17-10(15(23)24)8(14(21)22)5-27-13(9)17/h1-4,9,13H,5H2,(H,16,19)(H,21,22)(H,23,24)/t9?,13-/m0/s1. The number of β-lactam (4-membered cyclic amide) rings is 1. The summed E-state index contributed by atoms with van der Waals surface area (Å²) in [4.78, 5) is 58.1. The molecule has 27 heavy (non-hydrogen) atoms. The van der Waals surface area contributed by atoms with Gasteiger partial charge in [0.1, 0.15) is 17.1 Å². The average molecular weight is 393 g/mol. The number of carbonyl (C=O) groups excluding carboxylic acids is 2. The lowest BCUT2D eigenvalue weighted by atomic mass is 10.0. The molecule has 1 aromatic rings. The summed E-state index contributed by atoms with van der Waals surface area (Å²) in [5.74, 6) is -4.62. The van der Waals surface area contributed by atoms with Crippen molar-refractivity contribution in [3.05, 3.63) is 51.2 Å². The molecule has 0 radical (unpaired) electrons. The molecule has 0 bridgehead atoms. The van der Waals surface area contributed by atoms with Crippen LogP contribution >= 0.6 is 11.8 Å². The molecule has 2 aliphatic heterocycles. The Labute approximate surface area is 154 Å². The normalized spacial score (nSPS) is 21.2. The minimum absolute atomic E-state index is 0.0310. The van der Waals surface area contributed by atoms with Gasteiger partial charge in [0.2, 0.25) is 0 Å². The van der Waals surface area contributed by atoms with Crippen LogP contribution in [0.4, 0.5) is 5.69 Å². The van der Waals surface area contributed by atoms with Gasteiger partial charge in [-0.25, -0.2) is 9.59 Å². The van der Waals surface area contributed by atoms with Crippen LogP contribution in [0, 0.1) is 10.1 Å². The number of nitro groups is 1. The maximum absolute atomic E-state index is 12.3. The predicted molar refractivity (Wildman–Crippen MR) is 89.7 cm³/mol. The lowest BCUT2D eigenvalue weighted by Crippen LogP contribution is -2.70. The number of hydrogen-bond donors (Lipinski definition) is 3. The summed E-state index contributed by atoms with van der Waals surface area (Å²) in [6.07, 6.45) is 0. The molecule has 1 saturated heterocycles. The van der Waals surface area contributed by atoms with Crippen LogP contribution in [-0.4, -0.2) is 61.0 Å². The topological polar surface area (TPSA) is 167 Å². The lowest BCUT2D eigenvalue weighted by Gasteiger charge is -2.48. The summed E-state index contributed by atoms with van der Waals surface area (Å²) >= 11 is 1.01. The van der Waals surface area contributed by atoms with Crippen molar-refractivity contribution < 1.29 is 34.3 Å². The van der Waals surface area contributed by atoms with Crippen molar-refractivity contribution in [2.75, 3.05) is 5.75 Å². The van der Waals surface area contributed by atoms with E-state index in [4.69, 9.17) is 5.11 Å². The first-order valence-electron chi connectivity index (χ1n) is 7.42. The summed E-state index contributed by atoms with van der Waals surface area (Å²) in [6, 6.07) is 3.85. The number of nitrogens with one attached hydrogen (secondary N) is 1. The number of benzene rings is 1. The number of non-ortho nitro benzene ring substituents is 1. The van der Waals surface area contributed by atoms with Crippen LogP contribution in [0.1, 0.15) is 10.4 Å². The third-order valence-electron chi connectivity index (χ3n) is 4.03. The molecule has 0 aliphatic carbocycles. The van der Waals surface area contributed by atoms with Crippen LogP contribution in [0.5, 0.6) is 0 Å². The number of hydrogen-bond acceptors (Lipinski definition) is 7.